The van der Waals surface area contributed by atoms with Crippen LogP contribution in [-0.2, 0) is 24.7 Å². The molecule has 2 aromatic rings. The molecule has 1 aliphatic rings. The number of hydrogen-bond acceptors (Lipinski definition) is 5. The van der Waals surface area contributed by atoms with Gasteiger partial charge in [0.15, 0.2) is 9.84 Å². The van der Waals surface area contributed by atoms with E-state index in [0.717, 1.165) is 36.4 Å². The maximum Gasteiger partial charge on any atom is 0.243 e. The van der Waals surface area contributed by atoms with E-state index in [0.29, 0.717) is 6.42 Å². The van der Waals surface area contributed by atoms with Gasteiger partial charge in [0.2, 0.25) is 15.9 Å². The summed E-state index contributed by atoms with van der Waals surface area (Å²) < 4.78 is 78.5. The Morgan fingerprint density at radius 2 is 1.32 bits per heavy atom. The summed E-state index contributed by atoms with van der Waals surface area (Å²) in [6.45, 7) is 1.59. The van der Waals surface area contributed by atoms with E-state index in [-0.39, 0.29) is 36.0 Å². The Labute approximate surface area is 180 Å². The zero-order chi connectivity index (χ0) is 22.8. The van der Waals surface area contributed by atoms with E-state index in [1.807, 2.05) is 0 Å². The van der Waals surface area contributed by atoms with Crippen LogP contribution in [0.25, 0.3) is 0 Å². The van der Waals surface area contributed by atoms with Gasteiger partial charge in [-0.25, -0.2) is 25.6 Å². The van der Waals surface area contributed by atoms with E-state index in [1.165, 1.54) is 28.3 Å². The molecule has 0 aliphatic carbocycles. The number of amides is 1. The fourth-order valence-corrected chi connectivity index (χ4v) is 6.14. The lowest BCUT2D eigenvalue weighted by molar-refractivity contribution is -0.130. The molecular formula is C20H22F2N2O5S2. The molecule has 1 heterocycles. The maximum absolute atomic E-state index is 13.1. The quantitative estimate of drug-likeness (QED) is 0.621. The van der Waals surface area contributed by atoms with Crippen molar-refractivity contribution in [3.05, 3.63) is 60.2 Å². The molecule has 7 nitrogen and oxygen atoms in total. The zero-order valence-electron chi connectivity index (χ0n) is 16.7. The number of sulfonamides is 1. The molecule has 0 aromatic heterocycles. The van der Waals surface area contributed by atoms with Crippen LogP contribution in [0.15, 0.2) is 58.3 Å². The molecule has 1 unspecified atom stereocenters. The van der Waals surface area contributed by atoms with Crippen LogP contribution in [0.4, 0.5) is 8.78 Å². The number of rotatable bonds is 5. The molecule has 1 atom stereocenters. The van der Waals surface area contributed by atoms with E-state index in [2.05, 4.69) is 0 Å². The topological polar surface area (TPSA) is 91.8 Å². The minimum atomic E-state index is -4.03. The van der Waals surface area contributed by atoms with Crippen molar-refractivity contribution in [1.82, 2.24) is 9.21 Å². The molecule has 0 saturated carbocycles. The average molecular weight is 473 g/mol. The Morgan fingerprint density at radius 1 is 0.806 bits per heavy atom. The van der Waals surface area contributed by atoms with Crippen molar-refractivity contribution >= 4 is 25.8 Å². The van der Waals surface area contributed by atoms with Gasteiger partial charge >= 0.3 is 0 Å². The first-order valence-corrected chi connectivity index (χ1v) is 12.6. The number of sulfone groups is 1. The fraction of sp³-hybridized carbons (Fsp3) is 0.350. The minimum absolute atomic E-state index is 0.0164. The van der Waals surface area contributed by atoms with Crippen LogP contribution in [-0.4, -0.2) is 63.4 Å². The molecule has 0 spiro atoms. The van der Waals surface area contributed by atoms with E-state index in [1.54, 1.807) is 0 Å². The molecule has 11 heteroatoms. The lowest BCUT2D eigenvalue weighted by Crippen LogP contribution is -2.43. The predicted molar refractivity (Wildman–Crippen MR) is 109 cm³/mol. The van der Waals surface area contributed by atoms with Gasteiger partial charge in [-0.05, 0) is 61.9 Å². The van der Waals surface area contributed by atoms with Crippen LogP contribution in [0.1, 0.15) is 13.3 Å². The van der Waals surface area contributed by atoms with Gasteiger partial charge in [-0.15, -0.1) is 0 Å². The highest BCUT2D eigenvalue weighted by molar-refractivity contribution is 7.92. The summed E-state index contributed by atoms with van der Waals surface area (Å²) in [5.74, 6) is -1.79. The molecule has 3 rings (SSSR count). The Hall–Kier alpha value is -2.37. The minimum Gasteiger partial charge on any atom is -0.340 e. The molecule has 1 aliphatic heterocycles. The lowest BCUT2D eigenvalue weighted by atomic mass is 10.3. The van der Waals surface area contributed by atoms with Crippen LogP contribution >= 0.6 is 0 Å². The first kappa shape index (κ1) is 23.3. The lowest BCUT2D eigenvalue weighted by Gasteiger charge is -2.24. The highest BCUT2D eigenvalue weighted by Gasteiger charge is 2.35. The van der Waals surface area contributed by atoms with Crippen molar-refractivity contribution in [3.63, 3.8) is 0 Å². The highest BCUT2D eigenvalue weighted by atomic mass is 32.2. The molecule has 168 valence electrons. The average Bonchev–Trinajstić information content (AvgIpc) is 3.00. The van der Waals surface area contributed by atoms with Gasteiger partial charge in [0.1, 0.15) is 16.9 Å². The summed E-state index contributed by atoms with van der Waals surface area (Å²) in [6, 6.07) is 8.70. The van der Waals surface area contributed by atoms with Crippen molar-refractivity contribution in [2.24, 2.45) is 0 Å². The SMILES string of the molecule is CC(C(=O)N1CCCN(S(=O)(=O)c2ccc(F)cc2)CC1)S(=O)(=O)c1ccc(F)cc1. The number of benzene rings is 2. The normalized spacial score (nSPS) is 17.2. The van der Waals surface area contributed by atoms with E-state index in [9.17, 15) is 30.4 Å². The third-order valence-corrected chi connectivity index (χ3v) is 9.15. The largest absolute Gasteiger partial charge is 0.340 e. The van der Waals surface area contributed by atoms with Crippen LogP contribution in [0.3, 0.4) is 0 Å². The van der Waals surface area contributed by atoms with Gasteiger partial charge < -0.3 is 4.90 Å². The predicted octanol–water partition coefficient (Wildman–Crippen LogP) is 2.05. The van der Waals surface area contributed by atoms with Crippen LogP contribution in [0, 0.1) is 11.6 Å². The van der Waals surface area contributed by atoms with Crippen molar-refractivity contribution in [2.45, 2.75) is 28.4 Å². The first-order valence-electron chi connectivity index (χ1n) is 9.57. The summed E-state index contributed by atoms with van der Waals surface area (Å²) in [6.07, 6.45) is 0.315. The van der Waals surface area contributed by atoms with Gasteiger partial charge in [-0.2, -0.15) is 4.31 Å². The number of hydrogen-bond donors (Lipinski definition) is 0. The molecule has 31 heavy (non-hydrogen) atoms. The third kappa shape index (κ3) is 4.94. The molecule has 1 fully saturated rings. The molecule has 0 bridgehead atoms. The van der Waals surface area contributed by atoms with E-state index >= 15 is 0 Å². The number of nitrogens with zero attached hydrogens (tertiary/aromatic N) is 2. The van der Waals surface area contributed by atoms with E-state index in [4.69, 9.17) is 0 Å². The second-order valence-electron chi connectivity index (χ2n) is 7.18. The number of carbonyl (C=O) groups excluding carboxylic acids is 1. The van der Waals surface area contributed by atoms with Gasteiger partial charge in [-0.3, -0.25) is 4.79 Å². The van der Waals surface area contributed by atoms with Crippen molar-refractivity contribution in [1.29, 1.82) is 0 Å². The summed E-state index contributed by atoms with van der Waals surface area (Å²) in [7, 11) is -7.90. The molecule has 0 N–H and O–H groups in total. The van der Waals surface area contributed by atoms with Gasteiger partial charge in [0.05, 0.1) is 9.79 Å². The summed E-state index contributed by atoms with van der Waals surface area (Å²) in [4.78, 5) is 14.0. The van der Waals surface area contributed by atoms with Crippen LogP contribution in [0.2, 0.25) is 0 Å². The standard InChI is InChI=1S/C20H22F2N2O5S2/c1-15(30(26,27)18-7-3-16(21)4-8-18)20(25)23-11-2-12-24(14-13-23)31(28,29)19-9-5-17(22)6-10-19/h3-10,15H,2,11-14H2,1H3. The van der Waals surface area contributed by atoms with Crippen LogP contribution in [0.5, 0.6) is 0 Å². The summed E-state index contributed by atoms with van der Waals surface area (Å²) >= 11 is 0. The van der Waals surface area contributed by atoms with Gasteiger partial charge in [0, 0.05) is 26.2 Å². The smallest absolute Gasteiger partial charge is 0.243 e. The molecule has 1 saturated heterocycles. The number of halogens is 2. The van der Waals surface area contributed by atoms with Crippen LogP contribution < -0.4 is 0 Å². The second kappa shape index (κ2) is 9.01. The van der Waals surface area contributed by atoms with Gasteiger partial charge in [0.25, 0.3) is 0 Å². The monoisotopic (exact) mass is 472 g/mol. The molecular weight excluding hydrogens is 450 g/mol. The molecule has 0 radical (unpaired) electrons. The Balaban J connectivity index is 1.73. The van der Waals surface area contributed by atoms with Crippen molar-refractivity contribution in [2.75, 3.05) is 26.2 Å². The van der Waals surface area contributed by atoms with E-state index < -0.39 is 42.7 Å². The zero-order valence-corrected chi connectivity index (χ0v) is 18.4. The number of carbonyl (C=O) groups is 1. The van der Waals surface area contributed by atoms with Crippen molar-refractivity contribution in [3.8, 4) is 0 Å². The third-order valence-electron chi connectivity index (χ3n) is 5.17. The Kier molecular flexibility index (Phi) is 6.77. The second-order valence-corrected chi connectivity index (χ2v) is 11.4. The summed E-state index contributed by atoms with van der Waals surface area (Å²) in [5, 5.41) is -1.40. The molecule has 1 amide bonds. The highest BCUT2D eigenvalue weighted by Crippen LogP contribution is 2.21. The van der Waals surface area contributed by atoms with Crippen molar-refractivity contribution < 1.29 is 30.4 Å². The Morgan fingerprint density at radius 3 is 1.87 bits per heavy atom. The summed E-state index contributed by atoms with van der Waals surface area (Å²) in [5.41, 5.74) is 0. The molecule has 2 aromatic carbocycles. The first-order chi connectivity index (χ1) is 14.5. The Bertz CT molecular complexity index is 1150. The van der Waals surface area contributed by atoms with Gasteiger partial charge in [-0.1, -0.05) is 0 Å². The maximum atomic E-state index is 13.1. The fourth-order valence-electron chi connectivity index (χ4n) is 3.33.